The van der Waals surface area contributed by atoms with Crippen LogP contribution in [0.15, 0.2) is 28.7 Å². The molecule has 0 fully saturated rings. The number of hydrogen-bond donors (Lipinski definition) is 1. The van der Waals surface area contributed by atoms with E-state index >= 15 is 0 Å². The van der Waals surface area contributed by atoms with E-state index in [1.165, 1.54) is 19.3 Å². The van der Waals surface area contributed by atoms with Gasteiger partial charge < -0.3 is 9.88 Å². The number of nitrogens with one attached hydrogen (secondary N) is 1. The largest absolute Gasteiger partial charge is 0.352 e. The van der Waals surface area contributed by atoms with Gasteiger partial charge in [-0.2, -0.15) is 0 Å². The van der Waals surface area contributed by atoms with Crippen molar-refractivity contribution in [2.75, 3.05) is 6.54 Å². The Morgan fingerprint density at radius 3 is 2.95 bits per heavy atom. The summed E-state index contributed by atoms with van der Waals surface area (Å²) in [5.41, 5.74) is 0.655. The highest BCUT2D eigenvalue weighted by Crippen LogP contribution is 2.16. The molecule has 1 aliphatic rings. The summed E-state index contributed by atoms with van der Waals surface area (Å²) in [5, 5.41) is 11.5. The maximum absolute atomic E-state index is 12.2. The number of carbonyl (C=O) groups is 1. The minimum Gasteiger partial charge on any atom is -0.352 e. The van der Waals surface area contributed by atoms with Gasteiger partial charge in [0.05, 0.1) is 5.56 Å². The van der Waals surface area contributed by atoms with Crippen molar-refractivity contribution < 1.29 is 4.79 Å². The molecule has 1 amide bonds. The van der Waals surface area contributed by atoms with Crippen LogP contribution < -0.4 is 5.32 Å². The van der Waals surface area contributed by atoms with Gasteiger partial charge >= 0.3 is 0 Å². The SMILES string of the molecule is O=C(NCCc1nnc2n1CCCCC2)c1ccccc1Br. The van der Waals surface area contributed by atoms with Crippen molar-refractivity contribution in [3.05, 3.63) is 46.0 Å². The first-order chi connectivity index (χ1) is 10.8. The van der Waals surface area contributed by atoms with Gasteiger partial charge in [-0.3, -0.25) is 4.79 Å². The third kappa shape index (κ3) is 3.38. The third-order valence-electron chi connectivity index (χ3n) is 3.94. The minimum atomic E-state index is -0.0666. The average Bonchev–Trinajstić information content (AvgIpc) is 2.75. The monoisotopic (exact) mass is 362 g/mol. The van der Waals surface area contributed by atoms with Gasteiger partial charge in [0.2, 0.25) is 0 Å². The zero-order valence-corrected chi connectivity index (χ0v) is 14.0. The molecule has 0 bridgehead atoms. The molecule has 1 aromatic carbocycles. The van der Waals surface area contributed by atoms with E-state index in [4.69, 9.17) is 0 Å². The van der Waals surface area contributed by atoms with Crippen molar-refractivity contribution in [1.82, 2.24) is 20.1 Å². The zero-order chi connectivity index (χ0) is 15.4. The molecular weight excluding hydrogens is 344 g/mol. The summed E-state index contributed by atoms with van der Waals surface area (Å²) in [6, 6.07) is 7.43. The maximum atomic E-state index is 12.2. The molecule has 0 saturated carbocycles. The lowest BCUT2D eigenvalue weighted by Crippen LogP contribution is -2.26. The number of aromatic nitrogens is 3. The average molecular weight is 363 g/mol. The Bertz CT molecular complexity index is 668. The Morgan fingerprint density at radius 1 is 1.23 bits per heavy atom. The maximum Gasteiger partial charge on any atom is 0.252 e. The number of carbonyl (C=O) groups excluding carboxylic acids is 1. The second-order valence-corrected chi connectivity index (χ2v) is 6.33. The van der Waals surface area contributed by atoms with Crippen molar-refractivity contribution >= 4 is 21.8 Å². The summed E-state index contributed by atoms with van der Waals surface area (Å²) >= 11 is 3.40. The molecule has 0 unspecified atom stereocenters. The lowest BCUT2D eigenvalue weighted by Gasteiger charge is -2.08. The highest BCUT2D eigenvalue weighted by molar-refractivity contribution is 9.10. The van der Waals surface area contributed by atoms with Crippen LogP contribution in [0.4, 0.5) is 0 Å². The first kappa shape index (κ1) is 15.2. The van der Waals surface area contributed by atoms with Crippen molar-refractivity contribution in [2.24, 2.45) is 0 Å². The van der Waals surface area contributed by atoms with E-state index in [9.17, 15) is 4.79 Å². The number of halogens is 1. The predicted octanol–water partition coefficient (Wildman–Crippen LogP) is 2.74. The van der Waals surface area contributed by atoms with Gasteiger partial charge in [-0.25, -0.2) is 0 Å². The van der Waals surface area contributed by atoms with E-state index in [-0.39, 0.29) is 5.91 Å². The Hall–Kier alpha value is -1.69. The minimum absolute atomic E-state index is 0.0666. The molecule has 116 valence electrons. The Balaban J connectivity index is 1.59. The summed E-state index contributed by atoms with van der Waals surface area (Å²) in [4.78, 5) is 12.2. The number of rotatable bonds is 4. The van der Waals surface area contributed by atoms with Crippen LogP contribution in [0.2, 0.25) is 0 Å². The van der Waals surface area contributed by atoms with Gasteiger partial charge in [0, 0.05) is 30.4 Å². The standard InChI is InChI=1S/C16H19BrN4O/c17-13-7-4-3-6-12(13)16(22)18-10-9-15-20-19-14-8-2-1-5-11-21(14)15/h3-4,6-7H,1-2,5,8-11H2,(H,18,22). The van der Waals surface area contributed by atoms with Gasteiger partial charge in [0.15, 0.2) is 0 Å². The zero-order valence-electron chi connectivity index (χ0n) is 12.4. The number of fused-ring (bicyclic) bond motifs is 1. The number of aryl methyl sites for hydroxylation is 1. The summed E-state index contributed by atoms with van der Waals surface area (Å²) in [6.45, 7) is 1.56. The van der Waals surface area contributed by atoms with Crippen molar-refractivity contribution in [3.8, 4) is 0 Å². The quantitative estimate of drug-likeness (QED) is 0.909. The molecule has 1 aliphatic heterocycles. The topological polar surface area (TPSA) is 59.8 Å². The summed E-state index contributed by atoms with van der Waals surface area (Å²) in [6.07, 6.45) is 5.35. The molecule has 6 heteroatoms. The molecular formula is C16H19BrN4O. The summed E-state index contributed by atoms with van der Waals surface area (Å²) < 4.78 is 3.03. The Kier molecular flexibility index (Phi) is 4.87. The van der Waals surface area contributed by atoms with Crippen molar-refractivity contribution in [1.29, 1.82) is 0 Å². The third-order valence-corrected chi connectivity index (χ3v) is 4.63. The number of hydrogen-bond acceptors (Lipinski definition) is 3. The van der Waals surface area contributed by atoms with Gasteiger partial charge in [0.25, 0.3) is 5.91 Å². The highest BCUT2D eigenvalue weighted by Gasteiger charge is 2.15. The van der Waals surface area contributed by atoms with Crippen LogP contribution in [0, 0.1) is 0 Å². The van der Waals surface area contributed by atoms with Crippen LogP contribution in [0.1, 0.15) is 41.3 Å². The van der Waals surface area contributed by atoms with Crippen molar-refractivity contribution in [3.63, 3.8) is 0 Å². The number of benzene rings is 1. The van der Waals surface area contributed by atoms with E-state index in [2.05, 4.69) is 36.0 Å². The van der Waals surface area contributed by atoms with Crippen LogP contribution in [0.25, 0.3) is 0 Å². The second kappa shape index (κ2) is 7.05. The molecule has 0 aliphatic carbocycles. The summed E-state index contributed by atoms with van der Waals surface area (Å²) in [5.74, 6) is 2.00. The Morgan fingerprint density at radius 2 is 2.09 bits per heavy atom. The molecule has 0 saturated heterocycles. The van der Waals surface area contributed by atoms with E-state index in [1.807, 2.05) is 24.3 Å². The number of amides is 1. The van der Waals surface area contributed by atoms with Gasteiger partial charge in [-0.15, -0.1) is 10.2 Å². The van der Waals surface area contributed by atoms with Crippen LogP contribution in [-0.4, -0.2) is 27.2 Å². The van der Waals surface area contributed by atoms with Crippen LogP contribution in [-0.2, 0) is 19.4 Å². The number of nitrogens with zero attached hydrogens (tertiary/aromatic N) is 3. The molecule has 2 heterocycles. The first-order valence-electron chi connectivity index (χ1n) is 7.69. The van der Waals surface area contributed by atoms with E-state index in [0.29, 0.717) is 18.5 Å². The van der Waals surface area contributed by atoms with Gasteiger partial charge in [0.1, 0.15) is 11.6 Å². The van der Waals surface area contributed by atoms with Crippen LogP contribution in [0.5, 0.6) is 0 Å². The lowest BCUT2D eigenvalue weighted by molar-refractivity contribution is 0.0953. The van der Waals surface area contributed by atoms with Crippen LogP contribution >= 0.6 is 15.9 Å². The molecule has 5 nitrogen and oxygen atoms in total. The fourth-order valence-electron chi connectivity index (χ4n) is 2.76. The molecule has 2 aromatic rings. The molecule has 1 N–H and O–H groups in total. The van der Waals surface area contributed by atoms with Gasteiger partial charge in [-0.1, -0.05) is 18.6 Å². The van der Waals surface area contributed by atoms with Crippen LogP contribution in [0.3, 0.4) is 0 Å². The molecule has 22 heavy (non-hydrogen) atoms. The molecule has 0 spiro atoms. The summed E-state index contributed by atoms with van der Waals surface area (Å²) in [7, 11) is 0. The molecule has 3 rings (SSSR count). The Labute approximate surface area is 138 Å². The highest BCUT2D eigenvalue weighted by atomic mass is 79.9. The molecule has 1 aromatic heterocycles. The fourth-order valence-corrected chi connectivity index (χ4v) is 3.22. The molecule has 0 atom stereocenters. The lowest BCUT2D eigenvalue weighted by atomic mass is 10.2. The smallest absolute Gasteiger partial charge is 0.252 e. The normalized spacial score (nSPS) is 14.2. The molecule has 0 radical (unpaired) electrons. The van der Waals surface area contributed by atoms with E-state index in [0.717, 1.165) is 29.1 Å². The fraction of sp³-hybridized carbons (Fsp3) is 0.438. The first-order valence-corrected chi connectivity index (χ1v) is 8.48. The van der Waals surface area contributed by atoms with E-state index < -0.39 is 0 Å². The van der Waals surface area contributed by atoms with E-state index in [1.54, 1.807) is 0 Å². The van der Waals surface area contributed by atoms with Gasteiger partial charge in [-0.05, 0) is 40.9 Å². The van der Waals surface area contributed by atoms with Crippen molar-refractivity contribution in [2.45, 2.75) is 38.6 Å². The predicted molar refractivity (Wildman–Crippen MR) is 87.8 cm³/mol. The second-order valence-electron chi connectivity index (χ2n) is 5.48.